The second-order valence-corrected chi connectivity index (χ2v) is 6.96. The maximum absolute atomic E-state index is 11.2. The summed E-state index contributed by atoms with van der Waals surface area (Å²) in [6.45, 7) is 2.09. The Hall–Kier alpha value is -0.130. The quantitative estimate of drug-likeness (QED) is 0.668. The van der Waals surface area contributed by atoms with Crippen molar-refractivity contribution >= 4 is 9.84 Å². The van der Waals surface area contributed by atoms with Gasteiger partial charge in [-0.2, -0.15) is 0 Å². The van der Waals surface area contributed by atoms with Crippen molar-refractivity contribution < 1.29 is 13.5 Å². The van der Waals surface area contributed by atoms with Gasteiger partial charge in [0.05, 0.1) is 17.6 Å². The Balaban J connectivity index is 1.99. The summed E-state index contributed by atoms with van der Waals surface area (Å²) in [5, 5.41) is 12.8. The molecule has 82 valence electrons. The average molecular weight is 219 g/mol. The first-order valence-corrected chi connectivity index (χ1v) is 6.89. The first-order valence-electron chi connectivity index (χ1n) is 5.06. The molecule has 1 saturated carbocycles. The molecule has 0 spiro atoms. The molecular weight excluding hydrogens is 202 g/mol. The normalized spacial score (nSPS) is 39.3. The second-order valence-electron chi connectivity index (χ2n) is 4.81. The summed E-state index contributed by atoms with van der Waals surface area (Å²) >= 11 is 0. The molecule has 0 aromatic rings. The summed E-state index contributed by atoms with van der Waals surface area (Å²) in [6, 6.07) is -0.259. The molecule has 14 heavy (non-hydrogen) atoms. The summed E-state index contributed by atoms with van der Waals surface area (Å²) in [5.74, 6) is 0.00447. The van der Waals surface area contributed by atoms with Crippen molar-refractivity contribution in [2.75, 3.05) is 11.5 Å². The predicted molar refractivity (Wildman–Crippen MR) is 53.8 cm³/mol. The van der Waals surface area contributed by atoms with E-state index in [0.717, 1.165) is 12.8 Å². The van der Waals surface area contributed by atoms with Gasteiger partial charge in [0, 0.05) is 11.6 Å². The van der Waals surface area contributed by atoms with Gasteiger partial charge in [-0.1, -0.05) is 0 Å². The van der Waals surface area contributed by atoms with Crippen LogP contribution in [0.4, 0.5) is 0 Å². The fourth-order valence-electron chi connectivity index (χ4n) is 2.27. The van der Waals surface area contributed by atoms with Crippen LogP contribution in [0.1, 0.15) is 26.2 Å². The summed E-state index contributed by atoms with van der Waals surface area (Å²) < 4.78 is 22.5. The van der Waals surface area contributed by atoms with E-state index in [0.29, 0.717) is 0 Å². The highest BCUT2D eigenvalue weighted by atomic mass is 32.2. The minimum Gasteiger partial charge on any atom is -0.390 e. The van der Waals surface area contributed by atoms with Crippen molar-refractivity contribution in [1.29, 1.82) is 0 Å². The molecule has 0 radical (unpaired) electrons. The van der Waals surface area contributed by atoms with Crippen LogP contribution in [0.15, 0.2) is 0 Å². The number of aliphatic hydroxyl groups excluding tert-OH is 1. The van der Waals surface area contributed by atoms with Gasteiger partial charge in [0.1, 0.15) is 0 Å². The van der Waals surface area contributed by atoms with Crippen LogP contribution >= 0.6 is 0 Å². The van der Waals surface area contributed by atoms with Gasteiger partial charge in [-0.3, -0.25) is 0 Å². The number of nitrogens with one attached hydrogen (secondary N) is 1. The molecule has 2 N–H and O–H groups in total. The SMILES string of the molecule is CC1(NC2CS(=O)(=O)CC2O)CCC1. The van der Waals surface area contributed by atoms with Crippen LogP contribution in [0.2, 0.25) is 0 Å². The van der Waals surface area contributed by atoms with Gasteiger partial charge in [-0.05, 0) is 26.2 Å². The van der Waals surface area contributed by atoms with E-state index in [1.165, 1.54) is 6.42 Å². The van der Waals surface area contributed by atoms with Crippen LogP contribution in [0.25, 0.3) is 0 Å². The highest BCUT2D eigenvalue weighted by Gasteiger charge is 2.42. The molecule has 2 fully saturated rings. The van der Waals surface area contributed by atoms with Crippen LogP contribution in [-0.4, -0.2) is 42.7 Å². The second kappa shape index (κ2) is 3.18. The fraction of sp³-hybridized carbons (Fsp3) is 1.00. The topological polar surface area (TPSA) is 66.4 Å². The summed E-state index contributed by atoms with van der Waals surface area (Å²) in [5.41, 5.74) is 0.0610. The van der Waals surface area contributed by atoms with Crippen molar-refractivity contribution in [2.45, 2.75) is 43.9 Å². The number of hydrogen-bond acceptors (Lipinski definition) is 4. The molecule has 1 heterocycles. The largest absolute Gasteiger partial charge is 0.390 e. The van der Waals surface area contributed by atoms with Crippen LogP contribution in [0.5, 0.6) is 0 Å². The summed E-state index contributed by atoms with van der Waals surface area (Å²) in [6.07, 6.45) is 2.63. The lowest BCUT2D eigenvalue weighted by atomic mass is 9.78. The minimum atomic E-state index is -3.01. The Morgan fingerprint density at radius 3 is 2.36 bits per heavy atom. The molecule has 0 bridgehead atoms. The number of hydrogen-bond donors (Lipinski definition) is 2. The molecule has 1 aliphatic carbocycles. The van der Waals surface area contributed by atoms with Crippen molar-refractivity contribution in [2.24, 2.45) is 0 Å². The molecule has 4 nitrogen and oxygen atoms in total. The maximum Gasteiger partial charge on any atom is 0.154 e. The van der Waals surface area contributed by atoms with Crippen molar-refractivity contribution in [3.8, 4) is 0 Å². The van der Waals surface area contributed by atoms with E-state index in [9.17, 15) is 13.5 Å². The molecule has 1 saturated heterocycles. The standard InChI is InChI=1S/C9H17NO3S/c1-9(3-2-4-9)10-7-5-14(12,13)6-8(7)11/h7-8,10-11H,2-6H2,1H3. The molecular formula is C9H17NO3S. The van der Waals surface area contributed by atoms with Gasteiger partial charge in [0.15, 0.2) is 9.84 Å². The average Bonchev–Trinajstić information content (AvgIpc) is 2.21. The number of sulfone groups is 1. The van der Waals surface area contributed by atoms with Gasteiger partial charge in [-0.15, -0.1) is 0 Å². The third-order valence-electron chi connectivity index (χ3n) is 3.31. The Kier molecular flexibility index (Phi) is 2.36. The van der Waals surface area contributed by atoms with Gasteiger partial charge in [-0.25, -0.2) is 8.42 Å². The molecule has 2 rings (SSSR count). The van der Waals surface area contributed by atoms with Crippen molar-refractivity contribution in [1.82, 2.24) is 5.32 Å². The van der Waals surface area contributed by atoms with Gasteiger partial charge < -0.3 is 10.4 Å². The van der Waals surface area contributed by atoms with E-state index in [2.05, 4.69) is 12.2 Å². The van der Waals surface area contributed by atoms with E-state index in [1.54, 1.807) is 0 Å². The van der Waals surface area contributed by atoms with Gasteiger partial charge in [0.25, 0.3) is 0 Å². The molecule has 2 aliphatic rings. The molecule has 0 aromatic carbocycles. The molecule has 2 unspecified atom stereocenters. The zero-order valence-corrected chi connectivity index (χ0v) is 9.18. The monoisotopic (exact) mass is 219 g/mol. The summed E-state index contributed by atoms with van der Waals surface area (Å²) in [7, 11) is -3.01. The van der Waals surface area contributed by atoms with Gasteiger partial charge >= 0.3 is 0 Å². The van der Waals surface area contributed by atoms with Crippen LogP contribution in [0, 0.1) is 0 Å². The molecule has 2 atom stereocenters. The van der Waals surface area contributed by atoms with Crippen LogP contribution in [-0.2, 0) is 9.84 Å². The zero-order chi connectivity index (χ0) is 10.4. The Morgan fingerprint density at radius 2 is 2.00 bits per heavy atom. The van der Waals surface area contributed by atoms with E-state index in [-0.39, 0.29) is 23.1 Å². The lowest BCUT2D eigenvalue weighted by Crippen LogP contribution is -2.56. The zero-order valence-electron chi connectivity index (χ0n) is 8.36. The highest BCUT2D eigenvalue weighted by Crippen LogP contribution is 2.32. The van der Waals surface area contributed by atoms with E-state index >= 15 is 0 Å². The Bertz CT molecular complexity index is 321. The van der Waals surface area contributed by atoms with Crippen LogP contribution < -0.4 is 5.32 Å². The minimum absolute atomic E-state index is 0.0610. The Labute approximate surface area is 84.6 Å². The lowest BCUT2D eigenvalue weighted by Gasteiger charge is -2.42. The third-order valence-corrected chi connectivity index (χ3v) is 5.03. The Morgan fingerprint density at radius 1 is 1.36 bits per heavy atom. The smallest absolute Gasteiger partial charge is 0.154 e. The third kappa shape index (κ3) is 1.94. The number of rotatable bonds is 2. The van der Waals surface area contributed by atoms with Crippen LogP contribution in [0.3, 0.4) is 0 Å². The predicted octanol–water partition coefficient (Wildman–Crippen LogP) is -0.323. The lowest BCUT2D eigenvalue weighted by molar-refractivity contribution is 0.114. The molecule has 0 amide bonds. The first-order chi connectivity index (χ1) is 6.40. The summed E-state index contributed by atoms with van der Waals surface area (Å²) in [4.78, 5) is 0. The first kappa shape index (κ1) is 10.4. The van der Waals surface area contributed by atoms with E-state index < -0.39 is 15.9 Å². The van der Waals surface area contributed by atoms with Crippen molar-refractivity contribution in [3.05, 3.63) is 0 Å². The van der Waals surface area contributed by atoms with Crippen molar-refractivity contribution in [3.63, 3.8) is 0 Å². The fourth-order valence-corrected chi connectivity index (χ4v) is 4.01. The molecule has 1 aliphatic heterocycles. The van der Waals surface area contributed by atoms with E-state index in [4.69, 9.17) is 0 Å². The molecule has 0 aromatic heterocycles. The van der Waals surface area contributed by atoms with Gasteiger partial charge in [0.2, 0.25) is 0 Å². The van der Waals surface area contributed by atoms with E-state index in [1.807, 2.05) is 0 Å². The maximum atomic E-state index is 11.2. The number of aliphatic hydroxyl groups is 1. The molecule has 5 heteroatoms. The highest BCUT2D eigenvalue weighted by molar-refractivity contribution is 7.91.